The number of tetrazole rings is 1. The molecule has 0 unspecified atom stereocenters. The molecule has 158 valence electrons. The zero-order chi connectivity index (χ0) is 22.5. The smallest absolute Gasteiger partial charge is 0.335 e. The van der Waals surface area contributed by atoms with Crippen LogP contribution in [-0.2, 0) is 10.1 Å². The van der Waals surface area contributed by atoms with Gasteiger partial charge in [0.25, 0.3) is 5.69 Å². The number of aromatic carboxylic acids is 1. The van der Waals surface area contributed by atoms with E-state index in [1.165, 1.54) is 19.2 Å². The number of hydrogen-bond acceptors (Lipinski definition) is 10. The van der Waals surface area contributed by atoms with E-state index in [9.17, 15) is 23.3 Å². The highest BCUT2D eigenvalue weighted by atomic mass is 32.2. The molecule has 0 fully saturated rings. The van der Waals surface area contributed by atoms with Crippen LogP contribution in [0.4, 0.5) is 11.4 Å². The molecule has 0 aliphatic rings. The Morgan fingerprint density at radius 2 is 2.00 bits per heavy atom. The van der Waals surface area contributed by atoms with Crippen LogP contribution in [0.3, 0.4) is 0 Å². The number of carbonyl (C=O) groups is 1. The Hall–Kier alpha value is -4.11. The summed E-state index contributed by atoms with van der Waals surface area (Å²) in [4.78, 5) is 20.2. The SMILES string of the molecule is COc1cc([N+](=O)[O-])c(S(=O)(=O)O)cc1-n1ncnn1.Nc1cccc(C(=O)O)c1. The molecule has 0 bridgehead atoms. The fourth-order valence-corrected chi connectivity index (χ4v) is 2.82. The van der Waals surface area contributed by atoms with Crippen LogP contribution in [0.25, 0.3) is 5.69 Å². The van der Waals surface area contributed by atoms with E-state index in [0.717, 1.165) is 23.3 Å². The van der Waals surface area contributed by atoms with E-state index in [1.807, 2.05) is 0 Å². The Labute approximate surface area is 168 Å². The third-order valence-electron chi connectivity index (χ3n) is 3.43. The summed E-state index contributed by atoms with van der Waals surface area (Å²) >= 11 is 0. The van der Waals surface area contributed by atoms with Crippen molar-refractivity contribution in [2.45, 2.75) is 4.90 Å². The first-order valence-electron chi connectivity index (χ1n) is 7.70. The molecule has 30 heavy (non-hydrogen) atoms. The van der Waals surface area contributed by atoms with Gasteiger partial charge in [0.05, 0.1) is 23.7 Å². The van der Waals surface area contributed by atoms with Crippen LogP contribution in [0.1, 0.15) is 10.4 Å². The lowest BCUT2D eigenvalue weighted by atomic mass is 10.2. The molecule has 0 saturated carbocycles. The standard InChI is InChI=1S/C8H7N5O6S.C7H7NO2/c1-19-7-2-6(13(14)15)8(20(16,17)18)3-5(7)12-10-4-9-11-12;8-6-3-1-2-5(4-6)7(9)10/h2-4H,1H3,(H,16,17,18);1-4H,8H2,(H,9,10). The molecule has 0 spiro atoms. The fourth-order valence-electron chi connectivity index (χ4n) is 2.16. The van der Waals surface area contributed by atoms with Crippen molar-refractivity contribution in [1.82, 2.24) is 20.2 Å². The van der Waals surface area contributed by atoms with Gasteiger partial charge in [-0.05, 0) is 29.5 Å². The Morgan fingerprint density at radius 3 is 2.43 bits per heavy atom. The summed E-state index contributed by atoms with van der Waals surface area (Å²) in [7, 11) is -3.57. The number of ether oxygens (including phenoxy) is 1. The highest BCUT2D eigenvalue weighted by Gasteiger charge is 2.28. The molecule has 0 saturated heterocycles. The van der Waals surface area contributed by atoms with Gasteiger partial charge >= 0.3 is 16.1 Å². The van der Waals surface area contributed by atoms with Gasteiger partial charge in [0.2, 0.25) is 0 Å². The Kier molecular flexibility index (Phi) is 6.60. The highest BCUT2D eigenvalue weighted by molar-refractivity contribution is 7.86. The first-order chi connectivity index (χ1) is 14.0. The van der Waals surface area contributed by atoms with E-state index >= 15 is 0 Å². The van der Waals surface area contributed by atoms with E-state index in [0.29, 0.717) is 5.69 Å². The van der Waals surface area contributed by atoms with Crippen LogP contribution >= 0.6 is 0 Å². The number of nitrogens with two attached hydrogens (primary N) is 1. The van der Waals surface area contributed by atoms with Crippen LogP contribution in [0.5, 0.6) is 5.75 Å². The second-order valence-corrected chi connectivity index (χ2v) is 6.77. The van der Waals surface area contributed by atoms with Gasteiger partial charge < -0.3 is 15.6 Å². The average molecular weight is 438 g/mol. The van der Waals surface area contributed by atoms with Gasteiger partial charge in [-0.25, -0.2) is 4.79 Å². The van der Waals surface area contributed by atoms with E-state index in [1.54, 1.807) is 12.1 Å². The largest absolute Gasteiger partial charge is 0.494 e. The van der Waals surface area contributed by atoms with Crippen molar-refractivity contribution in [2.24, 2.45) is 0 Å². The van der Waals surface area contributed by atoms with E-state index in [4.69, 9.17) is 20.1 Å². The van der Waals surface area contributed by atoms with Crippen molar-refractivity contribution >= 4 is 27.5 Å². The molecule has 0 aliphatic heterocycles. The van der Waals surface area contributed by atoms with E-state index < -0.39 is 31.6 Å². The zero-order valence-electron chi connectivity index (χ0n) is 15.1. The van der Waals surface area contributed by atoms with Crippen molar-refractivity contribution in [3.63, 3.8) is 0 Å². The molecule has 0 amide bonds. The molecule has 14 nitrogen and oxygen atoms in total. The Balaban J connectivity index is 0.000000269. The molecular weight excluding hydrogens is 424 g/mol. The van der Waals surface area contributed by atoms with Crippen molar-refractivity contribution < 1.29 is 32.5 Å². The molecule has 1 aromatic heterocycles. The summed E-state index contributed by atoms with van der Waals surface area (Å²) in [6.07, 6.45) is 1.08. The molecule has 1 heterocycles. The summed E-state index contributed by atoms with van der Waals surface area (Å²) in [6, 6.07) is 7.85. The molecule has 15 heteroatoms. The number of benzene rings is 2. The fraction of sp³-hybridized carbons (Fsp3) is 0.0667. The average Bonchev–Trinajstić information content (AvgIpc) is 3.21. The summed E-state index contributed by atoms with van der Waals surface area (Å²) in [5, 5.41) is 29.9. The van der Waals surface area contributed by atoms with Gasteiger partial charge in [0.1, 0.15) is 5.69 Å². The molecule has 4 N–H and O–H groups in total. The maximum Gasteiger partial charge on any atom is 0.335 e. The third-order valence-corrected chi connectivity index (χ3v) is 4.32. The number of methoxy groups -OCH3 is 1. The lowest BCUT2D eigenvalue weighted by Gasteiger charge is -2.08. The van der Waals surface area contributed by atoms with Crippen molar-refractivity contribution in [3.05, 3.63) is 58.4 Å². The molecule has 0 aliphatic carbocycles. The minimum absolute atomic E-state index is 0.0248. The predicted molar refractivity (Wildman–Crippen MR) is 100.0 cm³/mol. The van der Waals surface area contributed by atoms with Crippen LogP contribution in [0, 0.1) is 10.1 Å². The number of carboxylic acids is 1. The second-order valence-electron chi connectivity index (χ2n) is 5.38. The monoisotopic (exact) mass is 438 g/mol. The number of nitro groups is 1. The number of nitro benzene ring substituents is 1. The normalized spacial score (nSPS) is 10.6. The molecular formula is C15H14N6O8S. The first-order valence-corrected chi connectivity index (χ1v) is 9.14. The van der Waals surface area contributed by atoms with Crippen molar-refractivity contribution in [2.75, 3.05) is 12.8 Å². The quantitative estimate of drug-likeness (QED) is 0.218. The van der Waals surface area contributed by atoms with Crippen LogP contribution < -0.4 is 10.5 Å². The summed E-state index contributed by atoms with van der Waals surface area (Å²) in [6.45, 7) is 0. The molecule has 0 radical (unpaired) electrons. The van der Waals surface area contributed by atoms with Crippen LogP contribution in [0.2, 0.25) is 0 Å². The number of anilines is 1. The number of nitrogen functional groups attached to an aromatic ring is 1. The maximum absolute atomic E-state index is 11.2. The summed E-state index contributed by atoms with van der Waals surface area (Å²) in [5.41, 5.74) is 5.18. The van der Waals surface area contributed by atoms with E-state index in [-0.39, 0.29) is 17.0 Å². The van der Waals surface area contributed by atoms with Gasteiger partial charge in [-0.2, -0.15) is 8.42 Å². The predicted octanol–water partition coefficient (Wildman–Crippen LogP) is 0.793. The maximum atomic E-state index is 11.2. The summed E-state index contributed by atoms with van der Waals surface area (Å²) < 4.78 is 36.4. The minimum Gasteiger partial charge on any atom is -0.494 e. The molecule has 3 aromatic rings. The lowest BCUT2D eigenvalue weighted by molar-refractivity contribution is -0.388. The molecule has 2 aromatic carbocycles. The van der Waals surface area contributed by atoms with Gasteiger partial charge in [-0.15, -0.1) is 15.0 Å². The lowest BCUT2D eigenvalue weighted by Crippen LogP contribution is -2.08. The number of carboxylic acid groups (broad SMARTS) is 1. The van der Waals surface area contributed by atoms with Gasteiger partial charge in [-0.3, -0.25) is 14.7 Å². The number of hydrogen-bond donors (Lipinski definition) is 3. The van der Waals surface area contributed by atoms with Crippen LogP contribution in [0.15, 0.2) is 47.6 Å². The van der Waals surface area contributed by atoms with Crippen molar-refractivity contribution in [3.8, 4) is 11.4 Å². The minimum atomic E-state index is -4.80. The first kappa shape index (κ1) is 22.2. The van der Waals surface area contributed by atoms with Gasteiger partial charge in [0, 0.05) is 5.69 Å². The van der Waals surface area contributed by atoms with E-state index in [2.05, 4.69) is 15.4 Å². The molecule has 3 rings (SSSR count). The summed E-state index contributed by atoms with van der Waals surface area (Å²) in [5.74, 6) is -1.01. The Bertz CT molecular complexity index is 1180. The number of rotatable bonds is 5. The number of nitrogens with zero attached hydrogens (tertiary/aromatic N) is 5. The Morgan fingerprint density at radius 1 is 1.30 bits per heavy atom. The van der Waals surface area contributed by atoms with Gasteiger partial charge in [-0.1, -0.05) is 6.07 Å². The topological polar surface area (TPSA) is 214 Å². The van der Waals surface area contributed by atoms with Crippen LogP contribution in [-0.4, -0.2) is 56.3 Å². The highest BCUT2D eigenvalue weighted by Crippen LogP contribution is 2.33. The second kappa shape index (κ2) is 8.93. The number of aromatic nitrogens is 4. The van der Waals surface area contributed by atoms with Crippen molar-refractivity contribution in [1.29, 1.82) is 0 Å². The molecule has 0 atom stereocenters. The van der Waals surface area contributed by atoms with Gasteiger partial charge in [0.15, 0.2) is 17.0 Å². The zero-order valence-corrected chi connectivity index (χ0v) is 15.9. The third kappa shape index (κ3) is 5.24.